The highest BCUT2D eigenvalue weighted by atomic mass is 16.5. The Hall–Kier alpha value is -0.610. The fraction of sp³-hybridized carbons (Fsp3) is 0.909. The predicted molar refractivity (Wildman–Crippen MR) is 57.3 cm³/mol. The predicted octanol–water partition coefficient (Wildman–Crippen LogP) is 0.407. The third kappa shape index (κ3) is 2.92. The van der Waals surface area contributed by atoms with Crippen molar-refractivity contribution in [2.75, 3.05) is 6.54 Å². The van der Waals surface area contributed by atoms with Crippen LogP contribution in [0.25, 0.3) is 0 Å². The number of rotatable bonds is 4. The van der Waals surface area contributed by atoms with Gasteiger partial charge in [-0.3, -0.25) is 4.79 Å². The van der Waals surface area contributed by atoms with Gasteiger partial charge < -0.3 is 15.8 Å². The van der Waals surface area contributed by atoms with Gasteiger partial charge in [0.15, 0.2) is 0 Å². The molecule has 1 aliphatic carbocycles. The molecule has 1 heterocycles. The summed E-state index contributed by atoms with van der Waals surface area (Å²) in [6.45, 7) is 2.60. The van der Waals surface area contributed by atoms with Gasteiger partial charge in [0.05, 0.1) is 6.10 Å². The number of ether oxygens (including phenoxy) is 1. The van der Waals surface area contributed by atoms with Crippen molar-refractivity contribution in [3.05, 3.63) is 0 Å². The molecule has 86 valence electrons. The van der Waals surface area contributed by atoms with Gasteiger partial charge >= 0.3 is 0 Å². The summed E-state index contributed by atoms with van der Waals surface area (Å²) in [6.07, 6.45) is 4.23. The van der Waals surface area contributed by atoms with E-state index in [1.807, 2.05) is 6.92 Å². The van der Waals surface area contributed by atoms with Gasteiger partial charge in [-0.1, -0.05) is 0 Å². The minimum atomic E-state index is -0.244. The zero-order valence-electron chi connectivity index (χ0n) is 9.24. The zero-order chi connectivity index (χ0) is 10.8. The highest BCUT2D eigenvalue weighted by Gasteiger charge is 2.31. The maximum absolute atomic E-state index is 11.6. The number of carbonyl (C=O) groups is 1. The quantitative estimate of drug-likeness (QED) is 0.709. The Morgan fingerprint density at radius 3 is 2.73 bits per heavy atom. The molecule has 1 saturated carbocycles. The van der Waals surface area contributed by atoms with Crippen LogP contribution >= 0.6 is 0 Å². The second-order valence-corrected chi connectivity index (χ2v) is 4.76. The van der Waals surface area contributed by atoms with Crippen LogP contribution in [0.4, 0.5) is 0 Å². The third-order valence-corrected chi connectivity index (χ3v) is 3.26. The largest absolute Gasteiger partial charge is 0.365 e. The Bertz CT molecular complexity index is 241. The second kappa shape index (κ2) is 4.49. The number of nitrogens with one attached hydrogen (secondary N) is 1. The summed E-state index contributed by atoms with van der Waals surface area (Å²) in [5, 5.41) is 2.88. The van der Waals surface area contributed by atoms with E-state index in [2.05, 4.69) is 5.32 Å². The number of hydrogen-bond acceptors (Lipinski definition) is 3. The first kappa shape index (κ1) is 10.9. The average Bonchev–Trinajstić information content (AvgIpc) is 2.97. The highest BCUT2D eigenvalue weighted by Crippen LogP contribution is 2.31. The van der Waals surface area contributed by atoms with Crippen LogP contribution in [0.3, 0.4) is 0 Å². The number of nitrogens with two attached hydrogens (primary N) is 1. The zero-order valence-corrected chi connectivity index (χ0v) is 9.24. The molecule has 0 aromatic carbocycles. The Labute approximate surface area is 90.5 Å². The molecule has 3 N–H and O–H groups in total. The summed E-state index contributed by atoms with van der Waals surface area (Å²) < 4.78 is 5.48. The fourth-order valence-electron chi connectivity index (χ4n) is 2.02. The van der Waals surface area contributed by atoms with Crippen molar-refractivity contribution in [1.82, 2.24) is 5.32 Å². The molecule has 0 aromatic heterocycles. The van der Waals surface area contributed by atoms with E-state index in [9.17, 15) is 4.79 Å². The number of carbonyl (C=O) groups excluding carboxylic acids is 1. The van der Waals surface area contributed by atoms with E-state index in [1.54, 1.807) is 0 Å². The first-order valence-electron chi connectivity index (χ1n) is 5.85. The monoisotopic (exact) mass is 212 g/mol. The number of hydrogen-bond donors (Lipinski definition) is 2. The molecule has 1 amide bonds. The summed E-state index contributed by atoms with van der Waals surface area (Å²) in [7, 11) is 0. The van der Waals surface area contributed by atoms with Gasteiger partial charge in [0.1, 0.15) is 6.10 Å². The highest BCUT2D eigenvalue weighted by molar-refractivity contribution is 5.81. The molecule has 4 nitrogen and oxygen atoms in total. The van der Waals surface area contributed by atoms with Crippen LogP contribution < -0.4 is 11.1 Å². The molecule has 0 aromatic rings. The van der Waals surface area contributed by atoms with Gasteiger partial charge in [-0.2, -0.15) is 0 Å². The van der Waals surface area contributed by atoms with E-state index in [-0.39, 0.29) is 24.2 Å². The van der Waals surface area contributed by atoms with Crippen molar-refractivity contribution in [2.45, 2.75) is 50.9 Å². The summed E-state index contributed by atoms with van der Waals surface area (Å²) in [5.74, 6) is 0.643. The second-order valence-electron chi connectivity index (χ2n) is 4.76. The molecule has 2 aliphatic rings. The van der Waals surface area contributed by atoms with E-state index < -0.39 is 0 Å². The van der Waals surface area contributed by atoms with Crippen LogP contribution in [0, 0.1) is 5.92 Å². The molecule has 2 rings (SSSR count). The first-order chi connectivity index (χ1) is 7.16. The molecule has 0 spiro atoms. The molecule has 3 unspecified atom stereocenters. The topological polar surface area (TPSA) is 64.4 Å². The minimum absolute atomic E-state index is 0.00968. The molecule has 1 saturated heterocycles. The van der Waals surface area contributed by atoms with Crippen molar-refractivity contribution in [1.29, 1.82) is 0 Å². The van der Waals surface area contributed by atoms with E-state index in [0.29, 0.717) is 12.5 Å². The van der Waals surface area contributed by atoms with Gasteiger partial charge in [-0.05, 0) is 38.5 Å². The van der Waals surface area contributed by atoms with Gasteiger partial charge in [-0.25, -0.2) is 0 Å². The van der Waals surface area contributed by atoms with E-state index in [4.69, 9.17) is 10.5 Å². The van der Waals surface area contributed by atoms with Crippen molar-refractivity contribution in [3.63, 3.8) is 0 Å². The molecule has 15 heavy (non-hydrogen) atoms. The van der Waals surface area contributed by atoms with Crippen molar-refractivity contribution < 1.29 is 9.53 Å². The molecule has 3 atom stereocenters. The van der Waals surface area contributed by atoms with Crippen LogP contribution in [-0.2, 0) is 9.53 Å². The van der Waals surface area contributed by atoms with E-state index >= 15 is 0 Å². The van der Waals surface area contributed by atoms with Gasteiger partial charge in [-0.15, -0.1) is 0 Å². The Morgan fingerprint density at radius 2 is 2.20 bits per heavy atom. The lowest BCUT2D eigenvalue weighted by molar-refractivity contribution is -0.131. The molecular weight excluding hydrogens is 192 g/mol. The molecule has 0 bridgehead atoms. The van der Waals surface area contributed by atoms with E-state index in [1.165, 1.54) is 12.8 Å². The molecule has 4 heteroatoms. The van der Waals surface area contributed by atoms with Crippen LogP contribution in [-0.4, -0.2) is 30.7 Å². The SMILES string of the molecule is CC1CCC(C(=O)NCC(N)C2CC2)O1. The Kier molecular flexibility index (Phi) is 3.26. The summed E-state index contributed by atoms with van der Waals surface area (Å²) in [6, 6.07) is 0.132. The molecule has 0 radical (unpaired) electrons. The lowest BCUT2D eigenvalue weighted by atomic mass is 10.2. The Balaban J connectivity index is 1.67. The van der Waals surface area contributed by atoms with Gasteiger partial charge in [0.25, 0.3) is 0 Å². The maximum Gasteiger partial charge on any atom is 0.249 e. The standard InChI is InChI=1S/C11H20N2O2/c1-7-2-5-10(15-7)11(14)13-6-9(12)8-3-4-8/h7-10H,2-6,12H2,1H3,(H,13,14). The molecule has 1 aliphatic heterocycles. The van der Waals surface area contributed by atoms with Crippen LogP contribution in [0.2, 0.25) is 0 Å². The Morgan fingerprint density at radius 1 is 1.47 bits per heavy atom. The summed E-state index contributed by atoms with van der Waals surface area (Å²) >= 11 is 0. The summed E-state index contributed by atoms with van der Waals surface area (Å²) in [4.78, 5) is 11.6. The smallest absolute Gasteiger partial charge is 0.249 e. The normalized spacial score (nSPS) is 32.7. The maximum atomic E-state index is 11.6. The fourth-order valence-corrected chi connectivity index (χ4v) is 2.02. The molecular formula is C11H20N2O2. The van der Waals surface area contributed by atoms with Gasteiger partial charge in [0.2, 0.25) is 5.91 Å². The average molecular weight is 212 g/mol. The van der Waals surface area contributed by atoms with Crippen LogP contribution in [0.5, 0.6) is 0 Å². The third-order valence-electron chi connectivity index (χ3n) is 3.26. The first-order valence-corrected chi connectivity index (χ1v) is 5.85. The lowest BCUT2D eigenvalue weighted by Gasteiger charge is -2.15. The summed E-state index contributed by atoms with van der Waals surface area (Å²) in [5.41, 5.74) is 5.90. The van der Waals surface area contributed by atoms with Crippen LogP contribution in [0.15, 0.2) is 0 Å². The van der Waals surface area contributed by atoms with Crippen molar-refractivity contribution in [2.24, 2.45) is 11.7 Å². The van der Waals surface area contributed by atoms with E-state index in [0.717, 1.165) is 12.8 Å². The molecule has 2 fully saturated rings. The van der Waals surface area contributed by atoms with Crippen molar-refractivity contribution in [3.8, 4) is 0 Å². The minimum Gasteiger partial charge on any atom is -0.365 e. The lowest BCUT2D eigenvalue weighted by Crippen LogP contribution is -2.42. The van der Waals surface area contributed by atoms with Gasteiger partial charge in [0, 0.05) is 12.6 Å². The van der Waals surface area contributed by atoms with Crippen LogP contribution in [0.1, 0.15) is 32.6 Å². The number of amides is 1. The van der Waals surface area contributed by atoms with Crippen molar-refractivity contribution >= 4 is 5.91 Å².